The van der Waals surface area contributed by atoms with E-state index in [1.165, 1.54) is 60.8 Å². The number of hydrogen-bond acceptors (Lipinski definition) is 1. The molecule has 8 aromatic rings. The first-order valence-electron chi connectivity index (χ1n) is 19.3. The van der Waals surface area contributed by atoms with E-state index in [1.54, 1.807) is 0 Å². The lowest BCUT2D eigenvalue weighted by Gasteiger charge is -2.25. The van der Waals surface area contributed by atoms with Gasteiger partial charge in [0.1, 0.15) is 0 Å². The highest BCUT2D eigenvalue weighted by molar-refractivity contribution is 6.02. The number of nitrogens with zero attached hydrogens (tertiary/aromatic N) is 1. The van der Waals surface area contributed by atoms with Crippen molar-refractivity contribution in [1.82, 2.24) is 0 Å². The normalized spacial score (nSPS) is 10.2. The van der Waals surface area contributed by atoms with Gasteiger partial charge in [0, 0.05) is 17.1 Å². The van der Waals surface area contributed by atoms with Crippen molar-refractivity contribution in [2.75, 3.05) is 4.90 Å². The fourth-order valence-corrected chi connectivity index (χ4v) is 6.63. The van der Waals surface area contributed by atoms with Crippen molar-refractivity contribution in [3.63, 3.8) is 0 Å². The molecule has 8 aromatic carbocycles. The standard InChI is InChI=1S/C41H35N.2C7H8/c1-30-18-21-33(22-19-30)40-29-31(2)12-10-11-13-35-28-32(3)20-27-39(35)41(40)34-23-25-38(26-24-34)42(36-14-6-4-7-15-36)37-16-8-5-9-17-37;2*1-7-5-3-2-4-6-7/h4-29H,1-3H3;2*2-6H,1H3. The summed E-state index contributed by atoms with van der Waals surface area (Å²) in [7, 11) is 0. The molecule has 56 heavy (non-hydrogen) atoms. The van der Waals surface area contributed by atoms with Gasteiger partial charge in [0.15, 0.2) is 0 Å². The monoisotopic (exact) mass is 725 g/mol. The summed E-state index contributed by atoms with van der Waals surface area (Å²) in [6, 6.07) is 77.4. The Bertz CT molecular complexity index is 2390. The molecule has 0 aromatic heterocycles. The summed E-state index contributed by atoms with van der Waals surface area (Å²) in [6.45, 7) is 10.6. The van der Waals surface area contributed by atoms with E-state index < -0.39 is 0 Å². The minimum Gasteiger partial charge on any atom is -0.311 e. The Hall–Kier alpha value is -6.70. The van der Waals surface area contributed by atoms with Gasteiger partial charge in [0.05, 0.1) is 0 Å². The smallest absolute Gasteiger partial charge is 0.0462 e. The molecular formula is C55H51N. The summed E-state index contributed by atoms with van der Waals surface area (Å²) in [4.78, 5) is 2.31. The van der Waals surface area contributed by atoms with Crippen molar-refractivity contribution in [1.29, 1.82) is 0 Å². The molecule has 0 fully saturated rings. The summed E-state index contributed by atoms with van der Waals surface area (Å²) in [5, 5.41) is 2.44. The zero-order valence-electron chi connectivity index (χ0n) is 33.2. The molecule has 0 N–H and O–H groups in total. The zero-order chi connectivity index (χ0) is 39.1. The first kappa shape index (κ1) is 39.0. The molecule has 0 bridgehead atoms. The molecule has 1 nitrogen and oxygen atoms in total. The van der Waals surface area contributed by atoms with Crippen molar-refractivity contribution >= 4 is 27.8 Å². The fourth-order valence-electron chi connectivity index (χ4n) is 6.63. The maximum atomic E-state index is 2.33. The van der Waals surface area contributed by atoms with Crippen LogP contribution in [0.4, 0.5) is 17.1 Å². The molecule has 0 spiro atoms. The van der Waals surface area contributed by atoms with Crippen molar-refractivity contribution in [3.8, 4) is 22.3 Å². The number of benzene rings is 7. The summed E-state index contributed by atoms with van der Waals surface area (Å²) < 4.78 is 0. The number of rotatable bonds is 5. The van der Waals surface area contributed by atoms with Crippen molar-refractivity contribution in [3.05, 3.63) is 246 Å². The van der Waals surface area contributed by atoms with Crippen LogP contribution in [-0.4, -0.2) is 0 Å². The van der Waals surface area contributed by atoms with E-state index in [0.29, 0.717) is 0 Å². The van der Waals surface area contributed by atoms with Crippen molar-refractivity contribution in [2.45, 2.75) is 34.6 Å². The maximum absolute atomic E-state index is 2.33. The zero-order valence-corrected chi connectivity index (χ0v) is 33.2. The van der Waals surface area contributed by atoms with Crippen LogP contribution < -0.4 is 4.90 Å². The van der Waals surface area contributed by atoms with E-state index in [9.17, 15) is 0 Å². The molecule has 276 valence electrons. The number of fused-ring (bicyclic) bond motifs is 1. The van der Waals surface area contributed by atoms with E-state index in [4.69, 9.17) is 0 Å². The van der Waals surface area contributed by atoms with Crippen LogP contribution in [0.1, 0.15) is 27.8 Å². The quantitative estimate of drug-likeness (QED) is 0.171. The lowest BCUT2D eigenvalue weighted by atomic mass is 9.90. The molecule has 0 radical (unpaired) electrons. The largest absolute Gasteiger partial charge is 0.311 e. The van der Waals surface area contributed by atoms with Crippen LogP contribution in [0.15, 0.2) is 218 Å². The average Bonchev–Trinajstić information content (AvgIpc) is 3.23. The third-order valence-electron chi connectivity index (χ3n) is 9.55. The van der Waals surface area contributed by atoms with E-state index in [1.807, 2.05) is 36.4 Å². The molecule has 0 saturated heterocycles. The van der Waals surface area contributed by atoms with Crippen molar-refractivity contribution in [2.24, 2.45) is 0 Å². The van der Waals surface area contributed by atoms with Crippen LogP contribution in [0.2, 0.25) is 0 Å². The number of para-hydroxylation sites is 2. The van der Waals surface area contributed by atoms with Crippen LogP contribution in [0, 0.1) is 34.6 Å². The first-order chi connectivity index (χ1) is 27.4. The van der Waals surface area contributed by atoms with E-state index in [0.717, 1.165) is 17.1 Å². The van der Waals surface area contributed by atoms with Gasteiger partial charge in [-0.1, -0.05) is 210 Å². The Balaban J connectivity index is 0.000000317. The van der Waals surface area contributed by atoms with Gasteiger partial charge in [0.2, 0.25) is 0 Å². The molecular weight excluding hydrogens is 675 g/mol. The molecule has 0 aliphatic rings. The predicted molar refractivity (Wildman–Crippen MR) is 244 cm³/mol. The SMILES string of the molecule is Cc1ccc(-c2cc(C)ccccc3cc(C)ccc3c2-c2ccc(N(c3ccccc3)c3ccccc3)cc2)cc1.Cc1ccccc1.Cc1ccccc1. The third kappa shape index (κ3) is 10.7. The van der Waals surface area contributed by atoms with Gasteiger partial charge < -0.3 is 4.90 Å². The van der Waals surface area contributed by atoms with Gasteiger partial charge in [-0.3, -0.25) is 0 Å². The molecule has 0 saturated carbocycles. The topological polar surface area (TPSA) is 3.24 Å². The number of aryl methyl sites for hydroxylation is 5. The average molecular weight is 726 g/mol. The van der Waals surface area contributed by atoms with Crippen LogP contribution >= 0.6 is 0 Å². The summed E-state index contributed by atoms with van der Waals surface area (Å²) in [5.41, 5.74) is 14.6. The predicted octanol–water partition coefficient (Wildman–Crippen LogP) is 15.7. The highest BCUT2D eigenvalue weighted by Crippen LogP contribution is 2.40. The molecule has 0 unspecified atom stereocenters. The van der Waals surface area contributed by atoms with Gasteiger partial charge in [-0.15, -0.1) is 0 Å². The van der Waals surface area contributed by atoms with Crippen LogP contribution in [-0.2, 0) is 0 Å². The summed E-state index contributed by atoms with van der Waals surface area (Å²) >= 11 is 0. The lowest BCUT2D eigenvalue weighted by molar-refractivity contribution is 1.28. The number of hydrogen-bond donors (Lipinski definition) is 0. The highest BCUT2D eigenvalue weighted by atomic mass is 15.1. The molecule has 0 aliphatic heterocycles. The molecule has 8 rings (SSSR count). The van der Waals surface area contributed by atoms with Crippen LogP contribution in [0.25, 0.3) is 33.0 Å². The molecule has 0 aliphatic carbocycles. The fraction of sp³-hybridized carbons (Fsp3) is 0.0909. The van der Waals surface area contributed by atoms with Gasteiger partial charge in [-0.2, -0.15) is 0 Å². The second kappa shape index (κ2) is 19.6. The Morgan fingerprint density at radius 2 is 0.661 bits per heavy atom. The van der Waals surface area contributed by atoms with E-state index >= 15 is 0 Å². The van der Waals surface area contributed by atoms with Crippen LogP contribution in [0.3, 0.4) is 0 Å². The van der Waals surface area contributed by atoms with Crippen LogP contribution in [0.5, 0.6) is 0 Å². The second-order valence-corrected chi connectivity index (χ2v) is 14.2. The van der Waals surface area contributed by atoms with Crippen molar-refractivity contribution < 1.29 is 0 Å². The van der Waals surface area contributed by atoms with Gasteiger partial charge in [-0.05, 0) is 104 Å². The molecule has 0 heterocycles. The Morgan fingerprint density at radius 1 is 0.286 bits per heavy atom. The number of anilines is 3. The highest BCUT2D eigenvalue weighted by Gasteiger charge is 2.15. The molecule has 1 heteroatoms. The second-order valence-electron chi connectivity index (χ2n) is 14.2. The molecule has 0 atom stereocenters. The first-order valence-corrected chi connectivity index (χ1v) is 19.3. The molecule has 0 amide bonds. The van der Waals surface area contributed by atoms with E-state index in [2.05, 4.69) is 222 Å². The van der Waals surface area contributed by atoms with Gasteiger partial charge >= 0.3 is 0 Å². The summed E-state index contributed by atoms with van der Waals surface area (Å²) in [6.07, 6.45) is 0. The minimum absolute atomic E-state index is 1.12. The Kier molecular flexibility index (Phi) is 13.6. The summed E-state index contributed by atoms with van der Waals surface area (Å²) in [5.74, 6) is 0. The third-order valence-corrected chi connectivity index (χ3v) is 9.55. The van der Waals surface area contributed by atoms with Gasteiger partial charge in [0.25, 0.3) is 0 Å². The van der Waals surface area contributed by atoms with E-state index in [-0.39, 0.29) is 0 Å². The van der Waals surface area contributed by atoms with Gasteiger partial charge in [-0.25, -0.2) is 0 Å². The Labute approximate surface area is 334 Å². The Morgan fingerprint density at radius 3 is 1.16 bits per heavy atom. The maximum Gasteiger partial charge on any atom is 0.0462 e. The minimum atomic E-state index is 1.12. The lowest BCUT2D eigenvalue weighted by Crippen LogP contribution is -2.09.